The van der Waals surface area contributed by atoms with Gasteiger partial charge in [0.15, 0.2) is 5.78 Å². The van der Waals surface area contributed by atoms with E-state index in [1.54, 1.807) is 20.8 Å². The van der Waals surface area contributed by atoms with Crippen LogP contribution in [-0.4, -0.2) is 24.0 Å². The van der Waals surface area contributed by atoms with Gasteiger partial charge in [-0.15, -0.1) is 0 Å². The summed E-state index contributed by atoms with van der Waals surface area (Å²) in [5.41, 5.74) is -0.531. The first-order valence-corrected chi connectivity index (χ1v) is 5.63. The first-order valence-electron chi connectivity index (χ1n) is 5.63. The number of alkyl carbamates (subject to hydrolysis) is 1. The number of hydrogen-bond donors (Lipinski definition) is 1. The van der Waals surface area contributed by atoms with Crippen molar-refractivity contribution < 1.29 is 14.3 Å². The molecule has 0 saturated heterocycles. The highest BCUT2D eigenvalue weighted by Gasteiger charge is 2.19. The average molecular weight is 229 g/mol. The summed E-state index contributed by atoms with van der Waals surface area (Å²) >= 11 is 0. The number of ether oxygens (including phenoxy) is 1. The first-order chi connectivity index (χ1) is 7.13. The Hall–Kier alpha value is -1.06. The highest BCUT2D eigenvalue weighted by atomic mass is 16.6. The minimum Gasteiger partial charge on any atom is -0.444 e. The number of ketones is 1. The number of nitrogens with one attached hydrogen (secondary N) is 1. The molecule has 4 heteroatoms. The second-order valence-electron chi connectivity index (χ2n) is 5.35. The van der Waals surface area contributed by atoms with Crippen LogP contribution in [0.4, 0.5) is 4.79 Å². The van der Waals surface area contributed by atoms with E-state index in [2.05, 4.69) is 5.32 Å². The number of hydrogen-bond acceptors (Lipinski definition) is 3. The van der Waals surface area contributed by atoms with Crippen molar-refractivity contribution in [2.24, 2.45) is 11.8 Å². The van der Waals surface area contributed by atoms with E-state index in [1.807, 2.05) is 20.8 Å². The van der Waals surface area contributed by atoms with Gasteiger partial charge in [0.2, 0.25) is 0 Å². The zero-order chi connectivity index (χ0) is 12.9. The zero-order valence-corrected chi connectivity index (χ0v) is 11.1. The first kappa shape index (κ1) is 14.9. The molecule has 0 unspecified atom stereocenters. The van der Waals surface area contributed by atoms with Crippen LogP contribution < -0.4 is 5.32 Å². The zero-order valence-electron chi connectivity index (χ0n) is 11.1. The smallest absolute Gasteiger partial charge is 0.408 e. The fourth-order valence-corrected chi connectivity index (χ4v) is 1.01. The van der Waals surface area contributed by atoms with E-state index in [9.17, 15) is 9.59 Å². The minimum atomic E-state index is -0.545. The van der Waals surface area contributed by atoms with Gasteiger partial charge in [-0.3, -0.25) is 4.79 Å². The van der Waals surface area contributed by atoms with Gasteiger partial charge in [-0.2, -0.15) is 0 Å². The summed E-state index contributed by atoms with van der Waals surface area (Å²) in [5, 5.41) is 2.46. The maximum Gasteiger partial charge on any atom is 0.408 e. The van der Waals surface area contributed by atoms with E-state index in [1.165, 1.54) is 0 Å². The van der Waals surface area contributed by atoms with E-state index < -0.39 is 11.7 Å². The molecule has 1 N–H and O–H groups in total. The molecule has 0 aromatic carbocycles. The predicted octanol–water partition coefficient (Wildman–Crippen LogP) is 2.37. The van der Waals surface area contributed by atoms with Crippen LogP contribution in [0.15, 0.2) is 0 Å². The number of Topliss-reactive ketones (excluding diaryl/α,β-unsaturated/α-hetero) is 1. The summed E-state index contributed by atoms with van der Waals surface area (Å²) in [6.45, 7) is 11.2. The summed E-state index contributed by atoms with van der Waals surface area (Å²) in [7, 11) is 0. The maximum atomic E-state index is 11.6. The minimum absolute atomic E-state index is 0.0286. The number of carbonyl (C=O) groups excluding carboxylic acids is 2. The molecule has 0 rings (SSSR count). The molecular weight excluding hydrogens is 206 g/mol. The van der Waals surface area contributed by atoms with E-state index in [0.717, 1.165) is 0 Å². The highest BCUT2D eigenvalue weighted by Crippen LogP contribution is 2.10. The van der Waals surface area contributed by atoms with Crippen LogP contribution in [0.25, 0.3) is 0 Å². The Labute approximate surface area is 97.7 Å². The largest absolute Gasteiger partial charge is 0.444 e. The molecule has 0 radical (unpaired) electrons. The number of carbonyl (C=O) groups is 2. The topological polar surface area (TPSA) is 55.4 Å². The molecule has 0 saturated carbocycles. The monoisotopic (exact) mass is 229 g/mol. The van der Waals surface area contributed by atoms with E-state index in [0.29, 0.717) is 0 Å². The van der Waals surface area contributed by atoms with Gasteiger partial charge < -0.3 is 10.1 Å². The lowest BCUT2D eigenvalue weighted by molar-refractivity contribution is -0.122. The molecule has 0 bridgehead atoms. The summed E-state index contributed by atoms with van der Waals surface area (Å²) in [6, 6.07) is 0. The quantitative estimate of drug-likeness (QED) is 0.805. The Morgan fingerprint density at radius 3 is 2.06 bits per heavy atom. The van der Waals surface area contributed by atoms with Crippen LogP contribution in [-0.2, 0) is 9.53 Å². The Morgan fingerprint density at radius 1 is 1.19 bits per heavy atom. The van der Waals surface area contributed by atoms with Crippen LogP contribution in [0.5, 0.6) is 0 Å². The van der Waals surface area contributed by atoms with Crippen LogP contribution in [0.2, 0.25) is 0 Å². The third-order valence-electron chi connectivity index (χ3n) is 2.31. The lowest BCUT2D eigenvalue weighted by Crippen LogP contribution is -2.37. The Balaban J connectivity index is 3.98. The van der Waals surface area contributed by atoms with E-state index in [-0.39, 0.29) is 24.2 Å². The van der Waals surface area contributed by atoms with Crippen molar-refractivity contribution in [3.63, 3.8) is 0 Å². The summed E-state index contributed by atoms with van der Waals surface area (Å²) in [4.78, 5) is 22.9. The molecule has 16 heavy (non-hydrogen) atoms. The van der Waals surface area contributed by atoms with Crippen molar-refractivity contribution in [3.8, 4) is 0 Å². The Bertz CT molecular complexity index is 253. The van der Waals surface area contributed by atoms with Crippen molar-refractivity contribution in [1.29, 1.82) is 0 Å². The van der Waals surface area contributed by atoms with Crippen LogP contribution >= 0.6 is 0 Å². The molecule has 1 amide bonds. The van der Waals surface area contributed by atoms with Crippen molar-refractivity contribution >= 4 is 11.9 Å². The number of amides is 1. The molecule has 0 aliphatic carbocycles. The Morgan fingerprint density at radius 2 is 1.69 bits per heavy atom. The molecule has 94 valence electrons. The van der Waals surface area contributed by atoms with Gasteiger partial charge in [-0.05, 0) is 26.7 Å². The van der Waals surface area contributed by atoms with Crippen LogP contribution in [0.1, 0.15) is 41.5 Å². The predicted molar refractivity (Wildman–Crippen MR) is 63.2 cm³/mol. The van der Waals surface area contributed by atoms with E-state index in [4.69, 9.17) is 4.74 Å². The average Bonchev–Trinajstić information content (AvgIpc) is 2.09. The normalized spacial score (nSPS) is 13.4. The van der Waals surface area contributed by atoms with Gasteiger partial charge in [0.25, 0.3) is 0 Å². The van der Waals surface area contributed by atoms with Gasteiger partial charge in [0.05, 0.1) is 6.54 Å². The molecule has 1 atom stereocenters. The molecule has 0 fully saturated rings. The third kappa shape index (κ3) is 6.43. The fourth-order valence-electron chi connectivity index (χ4n) is 1.01. The van der Waals surface area contributed by atoms with Crippen molar-refractivity contribution in [2.45, 2.75) is 47.1 Å². The second-order valence-corrected chi connectivity index (χ2v) is 5.35. The summed E-state index contributed by atoms with van der Waals surface area (Å²) in [5.74, 6) is 0.267. The van der Waals surface area contributed by atoms with Crippen molar-refractivity contribution in [3.05, 3.63) is 0 Å². The van der Waals surface area contributed by atoms with Crippen LogP contribution in [0.3, 0.4) is 0 Å². The molecule has 0 heterocycles. The molecule has 0 aliphatic heterocycles. The molecule has 0 aromatic heterocycles. The lowest BCUT2D eigenvalue weighted by atomic mass is 9.94. The molecule has 0 aliphatic rings. The molecule has 0 aromatic rings. The van der Waals surface area contributed by atoms with Gasteiger partial charge in [0, 0.05) is 5.92 Å². The van der Waals surface area contributed by atoms with E-state index >= 15 is 0 Å². The third-order valence-corrected chi connectivity index (χ3v) is 2.31. The lowest BCUT2D eigenvalue weighted by Gasteiger charge is -2.20. The SMILES string of the molecule is CC(C)[C@H](C)C(=O)CNC(=O)OC(C)(C)C. The Kier molecular flexibility index (Phi) is 5.48. The fraction of sp³-hybridized carbons (Fsp3) is 0.833. The molecular formula is C12H23NO3. The molecule has 0 spiro atoms. The maximum absolute atomic E-state index is 11.6. The number of rotatable bonds is 4. The highest BCUT2D eigenvalue weighted by molar-refractivity contribution is 5.85. The summed E-state index contributed by atoms with van der Waals surface area (Å²) in [6.07, 6.45) is -0.545. The van der Waals surface area contributed by atoms with Gasteiger partial charge in [0.1, 0.15) is 5.60 Å². The molecule has 4 nitrogen and oxygen atoms in total. The van der Waals surface area contributed by atoms with Crippen molar-refractivity contribution in [2.75, 3.05) is 6.54 Å². The standard InChI is InChI=1S/C12H23NO3/c1-8(2)9(3)10(14)7-13-11(15)16-12(4,5)6/h8-9H,7H2,1-6H3,(H,13,15)/t9-/m0/s1. The van der Waals surface area contributed by atoms with Gasteiger partial charge in [-0.25, -0.2) is 4.79 Å². The van der Waals surface area contributed by atoms with Gasteiger partial charge in [-0.1, -0.05) is 20.8 Å². The van der Waals surface area contributed by atoms with Crippen molar-refractivity contribution in [1.82, 2.24) is 5.32 Å². The van der Waals surface area contributed by atoms with Crippen LogP contribution in [0, 0.1) is 11.8 Å². The van der Waals surface area contributed by atoms with Gasteiger partial charge >= 0.3 is 6.09 Å². The second kappa shape index (κ2) is 5.87. The summed E-state index contributed by atoms with van der Waals surface area (Å²) < 4.78 is 5.03.